The molecule has 2 fully saturated rings. The lowest BCUT2D eigenvalue weighted by Gasteiger charge is -2.37. The Bertz CT molecular complexity index is 350. The van der Waals surface area contributed by atoms with Gasteiger partial charge in [-0.2, -0.15) is 0 Å². The number of amides is 2. The number of carbonyl (C=O) groups is 2. The molecule has 18 heavy (non-hydrogen) atoms. The summed E-state index contributed by atoms with van der Waals surface area (Å²) < 4.78 is 26.1. The molecule has 2 aliphatic rings. The van der Waals surface area contributed by atoms with Crippen LogP contribution >= 0.6 is 0 Å². The van der Waals surface area contributed by atoms with Crippen LogP contribution in [0.1, 0.15) is 32.6 Å². The topological polar surface area (TPSA) is 49.4 Å². The Kier molecular flexibility index (Phi) is 3.54. The standard InChI is InChI=1S/C12H18F2N2O2/c1-8-10(17)15-6-7-16(8)11(18)9-2-4-12(13,14)5-3-9/h8-9H,2-7H2,1H3,(H,15,17). The van der Waals surface area contributed by atoms with Crippen molar-refractivity contribution in [1.29, 1.82) is 0 Å². The number of carbonyl (C=O) groups excluding carboxylic acids is 2. The molecule has 102 valence electrons. The first-order chi connectivity index (χ1) is 8.41. The van der Waals surface area contributed by atoms with Gasteiger partial charge in [-0.1, -0.05) is 0 Å². The molecule has 2 rings (SSSR count). The average Bonchev–Trinajstić information content (AvgIpc) is 2.32. The van der Waals surface area contributed by atoms with E-state index < -0.39 is 12.0 Å². The molecule has 1 saturated heterocycles. The van der Waals surface area contributed by atoms with Crippen LogP contribution in [-0.2, 0) is 9.59 Å². The quantitative estimate of drug-likeness (QED) is 0.769. The van der Waals surface area contributed by atoms with Gasteiger partial charge in [-0.3, -0.25) is 9.59 Å². The first-order valence-electron chi connectivity index (χ1n) is 6.37. The van der Waals surface area contributed by atoms with Gasteiger partial charge in [0.05, 0.1) is 0 Å². The lowest BCUT2D eigenvalue weighted by atomic mass is 9.85. The number of hydrogen-bond acceptors (Lipinski definition) is 2. The van der Waals surface area contributed by atoms with E-state index in [1.165, 1.54) is 4.90 Å². The molecule has 6 heteroatoms. The summed E-state index contributed by atoms with van der Waals surface area (Å²) in [5.74, 6) is -3.29. The Morgan fingerprint density at radius 3 is 2.61 bits per heavy atom. The third kappa shape index (κ3) is 2.62. The van der Waals surface area contributed by atoms with E-state index in [1.54, 1.807) is 6.92 Å². The van der Waals surface area contributed by atoms with E-state index in [2.05, 4.69) is 5.32 Å². The van der Waals surface area contributed by atoms with Crippen molar-refractivity contribution in [3.8, 4) is 0 Å². The summed E-state index contributed by atoms with van der Waals surface area (Å²) in [4.78, 5) is 25.2. The zero-order valence-corrected chi connectivity index (χ0v) is 10.4. The smallest absolute Gasteiger partial charge is 0.248 e. The molecule has 0 spiro atoms. The van der Waals surface area contributed by atoms with E-state index in [-0.39, 0.29) is 43.4 Å². The number of halogens is 2. The summed E-state index contributed by atoms with van der Waals surface area (Å²) in [6.07, 6.45) is -0.0109. The largest absolute Gasteiger partial charge is 0.353 e. The first kappa shape index (κ1) is 13.2. The van der Waals surface area contributed by atoms with Gasteiger partial charge in [-0.25, -0.2) is 8.78 Å². The molecule has 0 aromatic rings. The second-order valence-electron chi connectivity index (χ2n) is 5.13. The van der Waals surface area contributed by atoms with Gasteiger partial charge in [0.15, 0.2) is 0 Å². The Morgan fingerprint density at radius 1 is 1.39 bits per heavy atom. The van der Waals surface area contributed by atoms with E-state index in [0.717, 1.165) is 0 Å². The minimum atomic E-state index is -2.62. The van der Waals surface area contributed by atoms with Crippen molar-refractivity contribution in [3.63, 3.8) is 0 Å². The molecule has 1 aliphatic heterocycles. The minimum absolute atomic E-state index is 0.146. The number of hydrogen-bond donors (Lipinski definition) is 1. The Hall–Kier alpha value is -1.20. The number of nitrogens with one attached hydrogen (secondary N) is 1. The van der Waals surface area contributed by atoms with Crippen molar-refractivity contribution in [2.45, 2.75) is 44.6 Å². The summed E-state index contributed by atoms with van der Waals surface area (Å²) in [5.41, 5.74) is 0. The van der Waals surface area contributed by atoms with Crippen LogP contribution in [0.5, 0.6) is 0 Å². The summed E-state index contributed by atoms with van der Waals surface area (Å²) in [7, 11) is 0. The highest BCUT2D eigenvalue weighted by molar-refractivity contribution is 5.89. The van der Waals surface area contributed by atoms with Gasteiger partial charge in [-0.15, -0.1) is 0 Å². The lowest BCUT2D eigenvalue weighted by Crippen LogP contribution is -2.57. The van der Waals surface area contributed by atoms with Gasteiger partial charge in [-0.05, 0) is 19.8 Å². The predicted octanol–water partition coefficient (Wildman–Crippen LogP) is 1.16. The van der Waals surface area contributed by atoms with Crippen molar-refractivity contribution in [2.75, 3.05) is 13.1 Å². The molecule has 1 aliphatic carbocycles. The fraction of sp³-hybridized carbons (Fsp3) is 0.833. The highest BCUT2D eigenvalue weighted by Crippen LogP contribution is 2.37. The first-order valence-corrected chi connectivity index (χ1v) is 6.37. The van der Waals surface area contributed by atoms with Crippen molar-refractivity contribution in [1.82, 2.24) is 10.2 Å². The summed E-state index contributed by atoms with van der Waals surface area (Å²) in [5, 5.41) is 2.68. The van der Waals surface area contributed by atoms with E-state index in [0.29, 0.717) is 13.1 Å². The van der Waals surface area contributed by atoms with Crippen LogP contribution in [0.2, 0.25) is 0 Å². The SMILES string of the molecule is CC1C(=O)NCCN1C(=O)C1CCC(F)(F)CC1. The molecular formula is C12H18F2N2O2. The van der Waals surface area contributed by atoms with Crippen LogP contribution in [0.15, 0.2) is 0 Å². The Morgan fingerprint density at radius 2 is 2.00 bits per heavy atom. The zero-order chi connectivity index (χ0) is 13.3. The average molecular weight is 260 g/mol. The lowest BCUT2D eigenvalue weighted by molar-refractivity contribution is -0.148. The molecule has 0 aromatic heterocycles. The van der Waals surface area contributed by atoms with Crippen LogP contribution in [0, 0.1) is 5.92 Å². The van der Waals surface area contributed by atoms with Crippen molar-refractivity contribution < 1.29 is 18.4 Å². The minimum Gasteiger partial charge on any atom is -0.353 e. The number of rotatable bonds is 1. The zero-order valence-electron chi connectivity index (χ0n) is 10.4. The van der Waals surface area contributed by atoms with Gasteiger partial charge in [0.1, 0.15) is 6.04 Å². The van der Waals surface area contributed by atoms with Crippen LogP contribution in [-0.4, -0.2) is 41.8 Å². The van der Waals surface area contributed by atoms with Crippen molar-refractivity contribution in [2.24, 2.45) is 5.92 Å². The van der Waals surface area contributed by atoms with Gasteiger partial charge in [0, 0.05) is 31.8 Å². The summed E-state index contributed by atoms with van der Waals surface area (Å²) in [6.45, 7) is 2.58. The Labute approximate surface area is 105 Å². The molecule has 1 saturated carbocycles. The molecular weight excluding hydrogens is 242 g/mol. The fourth-order valence-corrected chi connectivity index (χ4v) is 2.61. The van der Waals surface area contributed by atoms with E-state index in [9.17, 15) is 18.4 Å². The second-order valence-corrected chi connectivity index (χ2v) is 5.13. The maximum atomic E-state index is 13.0. The predicted molar refractivity (Wildman–Crippen MR) is 61.1 cm³/mol. The van der Waals surface area contributed by atoms with Crippen LogP contribution in [0.25, 0.3) is 0 Å². The highest BCUT2D eigenvalue weighted by Gasteiger charge is 2.40. The third-order valence-electron chi connectivity index (χ3n) is 3.85. The summed E-state index contributed by atoms with van der Waals surface area (Å²) >= 11 is 0. The van der Waals surface area contributed by atoms with Crippen molar-refractivity contribution in [3.05, 3.63) is 0 Å². The van der Waals surface area contributed by atoms with Gasteiger partial charge < -0.3 is 10.2 Å². The molecule has 1 atom stereocenters. The fourth-order valence-electron chi connectivity index (χ4n) is 2.61. The maximum absolute atomic E-state index is 13.0. The highest BCUT2D eigenvalue weighted by atomic mass is 19.3. The third-order valence-corrected chi connectivity index (χ3v) is 3.85. The van der Waals surface area contributed by atoms with E-state index >= 15 is 0 Å². The molecule has 0 aromatic carbocycles. The van der Waals surface area contributed by atoms with Crippen molar-refractivity contribution >= 4 is 11.8 Å². The van der Waals surface area contributed by atoms with Gasteiger partial charge in [0.2, 0.25) is 17.7 Å². The molecule has 0 bridgehead atoms. The number of alkyl halides is 2. The molecule has 4 nitrogen and oxygen atoms in total. The van der Waals surface area contributed by atoms with Crippen LogP contribution < -0.4 is 5.32 Å². The molecule has 2 amide bonds. The monoisotopic (exact) mass is 260 g/mol. The van der Waals surface area contributed by atoms with E-state index in [4.69, 9.17) is 0 Å². The molecule has 1 heterocycles. The number of piperazine rings is 1. The van der Waals surface area contributed by atoms with Gasteiger partial charge in [0.25, 0.3) is 0 Å². The normalized spacial score (nSPS) is 28.9. The second kappa shape index (κ2) is 4.82. The maximum Gasteiger partial charge on any atom is 0.248 e. The summed E-state index contributed by atoms with van der Waals surface area (Å²) in [6, 6.07) is -0.492. The molecule has 0 radical (unpaired) electrons. The van der Waals surface area contributed by atoms with Crippen LogP contribution in [0.4, 0.5) is 8.78 Å². The Balaban J connectivity index is 1.97. The van der Waals surface area contributed by atoms with Crippen LogP contribution in [0.3, 0.4) is 0 Å². The molecule has 1 N–H and O–H groups in total. The van der Waals surface area contributed by atoms with Gasteiger partial charge >= 0.3 is 0 Å². The number of nitrogens with zero attached hydrogens (tertiary/aromatic N) is 1. The van der Waals surface area contributed by atoms with E-state index in [1.807, 2.05) is 0 Å². The molecule has 1 unspecified atom stereocenters.